The number of nitro benzene ring substituents is 1. The van der Waals surface area contributed by atoms with Crippen molar-refractivity contribution in [3.63, 3.8) is 0 Å². The molecule has 0 radical (unpaired) electrons. The molecule has 1 saturated heterocycles. The number of esters is 1. The summed E-state index contributed by atoms with van der Waals surface area (Å²) in [5, 5.41) is 16.3. The molecule has 1 aliphatic heterocycles. The minimum absolute atomic E-state index is 0.100. The zero-order valence-corrected chi connectivity index (χ0v) is 26.5. The van der Waals surface area contributed by atoms with E-state index in [-0.39, 0.29) is 49.9 Å². The Morgan fingerprint density at radius 3 is 1.79 bits per heavy atom. The molecule has 47 heavy (non-hydrogen) atoms. The van der Waals surface area contributed by atoms with Crippen LogP contribution in [-0.2, 0) is 39.7 Å². The van der Waals surface area contributed by atoms with Crippen LogP contribution in [0.5, 0.6) is 5.75 Å². The number of urea groups is 1. The van der Waals surface area contributed by atoms with Gasteiger partial charge in [0.05, 0.1) is 71.0 Å². The molecule has 15 heteroatoms. The summed E-state index contributed by atoms with van der Waals surface area (Å²) in [5.41, 5.74) is 1.11. The Labute approximate surface area is 273 Å². The van der Waals surface area contributed by atoms with Crippen LogP contribution in [0.1, 0.15) is 12.5 Å². The van der Waals surface area contributed by atoms with Crippen LogP contribution in [0.2, 0.25) is 0 Å². The predicted molar refractivity (Wildman–Crippen MR) is 170 cm³/mol. The van der Waals surface area contributed by atoms with Crippen molar-refractivity contribution >= 4 is 29.3 Å². The minimum atomic E-state index is -1.03. The number of nitrogens with one attached hydrogen (secondary N) is 2. The van der Waals surface area contributed by atoms with Crippen molar-refractivity contribution in [1.82, 2.24) is 10.2 Å². The van der Waals surface area contributed by atoms with Crippen molar-refractivity contribution in [2.45, 2.75) is 19.4 Å². The quantitative estimate of drug-likeness (QED) is 0.140. The number of nitro groups is 1. The lowest BCUT2D eigenvalue weighted by molar-refractivity contribution is -0.384. The Kier molecular flexibility index (Phi) is 16.3. The number of ether oxygens (including phenoxy) is 6. The van der Waals surface area contributed by atoms with Gasteiger partial charge < -0.3 is 44.0 Å². The molecule has 1 atom stereocenters. The molecule has 15 nitrogen and oxygen atoms in total. The fraction of sp³-hybridized carbons (Fsp3) is 0.469. The molecule has 3 amide bonds. The fourth-order valence-electron chi connectivity index (χ4n) is 4.20. The summed E-state index contributed by atoms with van der Waals surface area (Å²) < 4.78 is 33.1. The molecule has 0 aromatic heterocycles. The number of rotatable bonds is 8. The third kappa shape index (κ3) is 14.3. The van der Waals surface area contributed by atoms with E-state index in [2.05, 4.69) is 17.2 Å². The van der Waals surface area contributed by atoms with Gasteiger partial charge in [-0.05, 0) is 36.8 Å². The molecule has 1 aliphatic rings. The highest BCUT2D eigenvalue weighted by molar-refractivity contribution is 5.94. The first kappa shape index (κ1) is 37.1. The lowest BCUT2D eigenvalue weighted by Crippen LogP contribution is -2.52. The first-order valence-electron chi connectivity index (χ1n) is 15.2. The molecule has 0 unspecified atom stereocenters. The van der Waals surface area contributed by atoms with Gasteiger partial charge in [0, 0.05) is 42.9 Å². The Bertz CT molecular complexity index is 1290. The van der Waals surface area contributed by atoms with E-state index < -0.39 is 23.0 Å². The van der Waals surface area contributed by atoms with Crippen LogP contribution in [0.15, 0.2) is 60.7 Å². The maximum absolute atomic E-state index is 14.0. The molecule has 1 fully saturated rings. The molecular weight excluding hydrogens is 616 g/mol. The summed E-state index contributed by atoms with van der Waals surface area (Å²) in [7, 11) is 0. The summed E-state index contributed by atoms with van der Waals surface area (Å²) in [6.45, 7) is 9.09. The average molecular weight is 659 g/mol. The summed E-state index contributed by atoms with van der Waals surface area (Å²) in [5.74, 6) is -0.644. The molecule has 2 aromatic carbocycles. The summed E-state index contributed by atoms with van der Waals surface area (Å²) in [6, 6.07) is 10.1. The summed E-state index contributed by atoms with van der Waals surface area (Å²) in [6.07, 6.45) is 0.100. The predicted octanol–water partition coefficient (Wildman–Crippen LogP) is 2.73. The summed E-state index contributed by atoms with van der Waals surface area (Å²) in [4.78, 5) is 51.0. The van der Waals surface area contributed by atoms with Gasteiger partial charge in [0.15, 0.2) is 0 Å². The lowest BCUT2D eigenvalue weighted by Gasteiger charge is -2.28. The van der Waals surface area contributed by atoms with Crippen LogP contribution in [-0.4, -0.2) is 113 Å². The largest absolute Gasteiger partial charge is 0.423 e. The molecule has 256 valence electrons. The molecule has 0 bridgehead atoms. The van der Waals surface area contributed by atoms with Crippen LogP contribution in [0, 0.1) is 10.1 Å². The second kappa shape index (κ2) is 20.7. The number of benzene rings is 2. The van der Waals surface area contributed by atoms with Crippen molar-refractivity contribution in [3.05, 3.63) is 76.4 Å². The van der Waals surface area contributed by atoms with E-state index in [0.717, 1.165) is 0 Å². The van der Waals surface area contributed by atoms with Crippen molar-refractivity contribution < 1.29 is 47.7 Å². The fourth-order valence-corrected chi connectivity index (χ4v) is 4.20. The molecule has 2 aromatic rings. The Morgan fingerprint density at radius 2 is 1.32 bits per heavy atom. The average Bonchev–Trinajstić information content (AvgIpc) is 3.05. The number of amides is 3. The normalized spacial score (nSPS) is 16.5. The van der Waals surface area contributed by atoms with Gasteiger partial charge in [-0.3, -0.25) is 14.9 Å². The van der Waals surface area contributed by atoms with E-state index >= 15 is 0 Å². The van der Waals surface area contributed by atoms with Gasteiger partial charge in [0.2, 0.25) is 5.91 Å². The van der Waals surface area contributed by atoms with Crippen LogP contribution in [0.3, 0.4) is 0 Å². The number of nitrogens with zero attached hydrogens (tertiary/aromatic N) is 2. The topological polar surface area (TPSA) is 177 Å². The highest BCUT2D eigenvalue weighted by Crippen LogP contribution is 2.17. The molecule has 0 saturated carbocycles. The highest BCUT2D eigenvalue weighted by atomic mass is 16.6. The highest BCUT2D eigenvalue weighted by Gasteiger charge is 2.27. The zero-order chi connectivity index (χ0) is 33.9. The lowest BCUT2D eigenvalue weighted by atomic mass is 10.0. The SMILES string of the molecule is C=C(C)C(=O)Oc1ccc(C[C@H](NC(=O)Nc2ccc([N+](=O)[O-])cc2)C(=O)N2CCOCCOCCOCCOCCOCC2)cc1. The van der Waals surface area contributed by atoms with E-state index in [4.69, 9.17) is 28.4 Å². The van der Waals surface area contributed by atoms with E-state index in [9.17, 15) is 24.5 Å². The van der Waals surface area contributed by atoms with Crippen molar-refractivity contribution in [2.75, 3.05) is 84.5 Å². The van der Waals surface area contributed by atoms with Gasteiger partial charge in [-0.15, -0.1) is 0 Å². The number of hydrogen-bond acceptors (Lipinski definition) is 11. The number of anilines is 1. The minimum Gasteiger partial charge on any atom is -0.423 e. The molecule has 3 rings (SSSR count). The molecule has 1 heterocycles. The third-order valence-corrected chi connectivity index (χ3v) is 6.67. The third-order valence-electron chi connectivity index (χ3n) is 6.67. The number of non-ortho nitro benzene ring substituents is 1. The van der Waals surface area contributed by atoms with Gasteiger partial charge in [0.25, 0.3) is 5.69 Å². The first-order valence-corrected chi connectivity index (χ1v) is 15.2. The van der Waals surface area contributed by atoms with Crippen LogP contribution in [0.25, 0.3) is 0 Å². The maximum atomic E-state index is 14.0. The second-order valence-electron chi connectivity index (χ2n) is 10.4. The van der Waals surface area contributed by atoms with Gasteiger partial charge in [-0.1, -0.05) is 18.7 Å². The number of hydrogen-bond donors (Lipinski definition) is 2. The number of carbonyl (C=O) groups excluding carboxylic acids is 3. The van der Waals surface area contributed by atoms with Crippen LogP contribution in [0.4, 0.5) is 16.2 Å². The second-order valence-corrected chi connectivity index (χ2v) is 10.4. The van der Waals surface area contributed by atoms with E-state index in [1.165, 1.54) is 24.3 Å². The van der Waals surface area contributed by atoms with Crippen LogP contribution < -0.4 is 15.4 Å². The first-order chi connectivity index (χ1) is 22.7. The van der Waals surface area contributed by atoms with Gasteiger partial charge in [-0.25, -0.2) is 9.59 Å². The standard InChI is InChI=1S/C32H42N4O11/c1-24(2)31(38)47-28-9-3-25(4-10-28)23-29(34-32(39)33-26-5-7-27(8-6-26)36(40)41)30(37)35-11-13-42-15-17-44-19-21-46-22-20-45-18-16-43-14-12-35/h3-10,29H,1,11-23H2,2H3,(H2,33,34,39)/t29-/m0/s1. The molecular formula is C32H42N4O11. The van der Waals surface area contributed by atoms with Crippen molar-refractivity contribution in [2.24, 2.45) is 0 Å². The van der Waals surface area contributed by atoms with E-state index in [1.807, 2.05) is 0 Å². The smallest absolute Gasteiger partial charge is 0.338 e. The zero-order valence-electron chi connectivity index (χ0n) is 26.5. The van der Waals surface area contributed by atoms with Gasteiger partial charge >= 0.3 is 12.0 Å². The van der Waals surface area contributed by atoms with Crippen molar-refractivity contribution in [1.29, 1.82) is 0 Å². The number of carbonyl (C=O) groups is 3. The summed E-state index contributed by atoms with van der Waals surface area (Å²) >= 11 is 0. The molecule has 0 aliphatic carbocycles. The van der Waals surface area contributed by atoms with E-state index in [0.29, 0.717) is 69.9 Å². The Hall–Kier alpha value is -4.41. The molecule has 2 N–H and O–H groups in total. The molecule has 0 spiro atoms. The van der Waals surface area contributed by atoms with Gasteiger partial charge in [0.1, 0.15) is 11.8 Å². The Morgan fingerprint density at radius 1 is 0.830 bits per heavy atom. The maximum Gasteiger partial charge on any atom is 0.338 e. The Balaban J connectivity index is 1.74. The van der Waals surface area contributed by atoms with Crippen LogP contribution >= 0.6 is 0 Å². The van der Waals surface area contributed by atoms with E-state index in [1.54, 1.807) is 36.1 Å². The monoisotopic (exact) mass is 658 g/mol. The van der Waals surface area contributed by atoms with Gasteiger partial charge in [-0.2, -0.15) is 0 Å². The van der Waals surface area contributed by atoms with Crippen molar-refractivity contribution in [3.8, 4) is 5.75 Å².